The fraction of sp³-hybridized carbons (Fsp3) is 0.333. The Balaban J connectivity index is 1.41. The van der Waals surface area contributed by atoms with Gasteiger partial charge in [-0.25, -0.2) is 13.6 Å². The summed E-state index contributed by atoms with van der Waals surface area (Å²) >= 11 is 0. The number of nitrogens with two attached hydrogens (primary N) is 1. The second kappa shape index (κ2) is 8.40. The van der Waals surface area contributed by atoms with Gasteiger partial charge in [0.2, 0.25) is 15.8 Å². The molecule has 0 saturated carbocycles. The molecule has 5 rings (SSSR count). The van der Waals surface area contributed by atoms with Crippen molar-refractivity contribution >= 4 is 15.6 Å². The number of methoxy groups -OCH3 is 1. The normalized spacial score (nSPS) is 17.7. The van der Waals surface area contributed by atoms with Crippen molar-refractivity contribution < 1.29 is 17.7 Å². The molecule has 0 amide bonds. The molecule has 2 heterocycles. The van der Waals surface area contributed by atoms with Crippen molar-refractivity contribution in [3.05, 3.63) is 71.6 Å². The first-order chi connectivity index (χ1) is 15.9. The van der Waals surface area contributed by atoms with Gasteiger partial charge in [0.1, 0.15) is 5.75 Å². The van der Waals surface area contributed by atoms with Crippen molar-refractivity contribution in [3.8, 4) is 17.1 Å². The van der Waals surface area contributed by atoms with Crippen LogP contribution in [0.4, 0.5) is 0 Å². The summed E-state index contributed by atoms with van der Waals surface area (Å²) in [7, 11) is -1.83. The van der Waals surface area contributed by atoms with Gasteiger partial charge in [0.15, 0.2) is 0 Å². The molecule has 1 saturated heterocycles. The van der Waals surface area contributed by atoms with Gasteiger partial charge in [-0.15, -0.1) is 0 Å². The summed E-state index contributed by atoms with van der Waals surface area (Å²) in [6.07, 6.45) is 4.04. The predicted octanol–water partition coefficient (Wildman–Crippen LogP) is 2.81. The monoisotopic (exact) mass is 466 g/mol. The minimum Gasteiger partial charge on any atom is -0.497 e. The summed E-state index contributed by atoms with van der Waals surface area (Å²) in [5, 5.41) is 9.39. The fourth-order valence-electron chi connectivity index (χ4n) is 4.80. The number of nitrogens with zero attached hydrogens (tertiary/aromatic N) is 3. The number of piperidine rings is 1. The van der Waals surface area contributed by atoms with Gasteiger partial charge >= 0.3 is 0 Å². The Kier molecular flexibility index (Phi) is 5.55. The van der Waals surface area contributed by atoms with Crippen molar-refractivity contribution in [2.75, 3.05) is 32.5 Å². The van der Waals surface area contributed by atoms with Crippen LogP contribution in [0.1, 0.15) is 29.9 Å². The zero-order valence-electron chi connectivity index (χ0n) is 18.4. The van der Waals surface area contributed by atoms with Crippen LogP contribution >= 0.6 is 0 Å². The molecule has 2 N–H and O–H groups in total. The third kappa shape index (κ3) is 4.31. The molecule has 0 radical (unpaired) electrons. The molecule has 9 heteroatoms. The number of hydrogen-bond donors (Lipinski definition) is 1. The molecular weight excluding hydrogens is 440 g/mol. The first kappa shape index (κ1) is 21.8. The molecule has 1 spiro atoms. The van der Waals surface area contributed by atoms with E-state index >= 15 is 0 Å². The van der Waals surface area contributed by atoms with Gasteiger partial charge in [0, 0.05) is 23.1 Å². The van der Waals surface area contributed by atoms with Gasteiger partial charge in [0.25, 0.3) is 5.89 Å². The quantitative estimate of drug-likeness (QED) is 0.594. The maximum Gasteiger partial charge on any atom is 0.258 e. The van der Waals surface area contributed by atoms with Gasteiger partial charge in [-0.1, -0.05) is 35.5 Å². The molecule has 0 unspecified atom stereocenters. The molecule has 33 heavy (non-hydrogen) atoms. The highest BCUT2D eigenvalue weighted by molar-refractivity contribution is 7.89. The SMILES string of the molecule is COc1ccc(-c2noc(C3=CC4(CCN(CCS(N)(=O)=O)CC4)c4ccccc43)n2)cc1. The van der Waals surface area contributed by atoms with Crippen LogP contribution in [0.2, 0.25) is 0 Å². The molecule has 1 aliphatic carbocycles. The number of aromatic nitrogens is 2. The first-order valence-electron chi connectivity index (χ1n) is 10.9. The summed E-state index contributed by atoms with van der Waals surface area (Å²) in [5.74, 6) is 1.78. The van der Waals surface area contributed by atoms with Crippen molar-refractivity contribution in [2.24, 2.45) is 5.14 Å². The van der Waals surface area contributed by atoms with E-state index in [2.05, 4.69) is 39.3 Å². The molecule has 0 bridgehead atoms. The van der Waals surface area contributed by atoms with Crippen LogP contribution in [0.15, 0.2) is 59.1 Å². The minimum absolute atomic E-state index is 0.0200. The zero-order valence-corrected chi connectivity index (χ0v) is 19.2. The topological polar surface area (TPSA) is 112 Å². The fourth-order valence-corrected chi connectivity index (χ4v) is 5.31. The molecule has 1 aliphatic heterocycles. The number of hydrogen-bond acceptors (Lipinski definition) is 7. The highest BCUT2D eigenvalue weighted by Gasteiger charge is 2.42. The lowest BCUT2D eigenvalue weighted by Gasteiger charge is -2.39. The lowest BCUT2D eigenvalue weighted by molar-refractivity contribution is 0.193. The van der Waals surface area contributed by atoms with E-state index in [4.69, 9.17) is 14.4 Å². The Labute approximate surface area is 193 Å². The largest absolute Gasteiger partial charge is 0.497 e. The average Bonchev–Trinajstić information content (AvgIpc) is 3.42. The number of sulfonamides is 1. The number of ether oxygens (including phenoxy) is 1. The lowest BCUT2D eigenvalue weighted by atomic mass is 9.74. The van der Waals surface area contributed by atoms with Crippen LogP contribution in [0.3, 0.4) is 0 Å². The lowest BCUT2D eigenvalue weighted by Crippen LogP contribution is -2.43. The van der Waals surface area contributed by atoms with Crippen molar-refractivity contribution in [3.63, 3.8) is 0 Å². The van der Waals surface area contributed by atoms with E-state index in [9.17, 15) is 8.42 Å². The van der Waals surface area contributed by atoms with Gasteiger partial charge in [-0.3, -0.25) is 0 Å². The summed E-state index contributed by atoms with van der Waals surface area (Å²) in [4.78, 5) is 6.85. The summed E-state index contributed by atoms with van der Waals surface area (Å²) in [6.45, 7) is 2.06. The smallest absolute Gasteiger partial charge is 0.258 e. The molecule has 8 nitrogen and oxygen atoms in total. The van der Waals surface area contributed by atoms with Crippen LogP contribution in [-0.2, 0) is 15.4 Å². The molecule has 3 aromatic rings. The van der Waals surface area contributed by atoms with E-state index < -0.39 is 10.0 Å². The van der Waals surface area contributed by atoms with Crippen molar-refractivity contribution in [2.45, 2.75) is 18.3 Å². The highest BCUT2D eigenvalue weighted by atomic mass is 32.2. The Hall–Kier alpha value is -3.01. The van der Waals surface area contributed by atoms with E-state index in [0.29, 0.717) is 18.3 Å². The van der Waals surface area contributed by atoms with Crippen molar-refractivity contribution in [1.29, 1.82) is 0 Å². The summed E-state index contributed by atoms with van der Waals surface area (Å²) in [5.41, 5.74) is 4.06. The zero-order chi connectivity index (χ0) is 23.1. The van der Waals surface area contributed by atoms with Gasteiger partial charge in [-0.05, 0) is 61.3 Å². The Morgan fingerprint density at radius 3 is 2.55 bits per heavy atom. The molecule has 2 aromatic carbocycles. The second-order valence-corrected chi connectivity index (χ2v) is 10.4. The summed E-state index contributed by atoms with van der Waals surface area (Å²) < 4.78 is 33.6. The van der Waals surface area contributed by atoms with E-state index in [1.165, 1.54) is 5.56 Å². The number of primary sulfonamides is 1. The first-order valence-corrected chi connectivity index (χ1v) is 12.6. The number of benzene rings is 2. The van der Waals surface area contributed by atoms with Gasteiger partial charge < -0.3 is 14.2 Å². The highest BCUT2D eigenvalue weighted by Crippen LogP contribution is 2.48. The van der Waals surface area contributed by atoms with E-state index in [1.54, 1.807) is 7.11 Å². The van der Waals surface area contributed by atoms with Crippen LogP contribution in [0.5, 0.6) is 5.75 Å². The number of likely N-dealkylation sites (tertiary alicyclic amines) is 1. The predicted molar refractivity (Wildman–Crippen MR) is 125 cm³/mol. The number of rotatable bonds is 6. The molecule has 1 fully saturated rings. The number of fused-ring (bicyclic) bond motifs is 2. The molecule has 2 aliphatic rings. The molecule has 1 aromatic heterocycles. The molecular formula is C24H26N4O4S. The molecule has 0 atom stereocenters. The summed E-state index contributed by atoms with van der Waals surface area (Å²) in [6, 6.07) is 15.9. The van der Waals surface area contributed by atoms with E-state index in [1.807, 2.05) is 30.3 Å². The molecule has 172 valence electrons. The van der Waals surface area contributed by atoms with E-state index in [0.717, 1.165) is 48.4 Å². The minimum atomic E-state index is -3.46. The third-order valence-electron chi connectivity index (χ3n) is 6.62. The maximum atomic E-state index is 11.3. The third-order valence-corrected chi connectivity index (χ3v) is 7.37. The van der Waals surface area contributed by atoms with Crippen LogP contribution in [0, 0.1) is 0 Å². The van der Waals surface area contributed by atoms with Crippen LogP contribution < -0.4 is 9.88 Å². The van der Waals surface area contributed by atoms with Crippen LogP contribution in [0.25, 0.3) is 17.0 Å². The maximum absolute atomic E-state index is 11.3. The van der Waals surface area contributed by atoms with E-state index in [-0.39, 0.29) is 11.2 Å². The van der Waals surface area contributed by atoms with Gasteiger partial charge in [-0.2, -0.15) is 4.98 Å². The standard InChI is InChI=1S/C24H26N4O4S/c1-31-18-8-6-17(7-9-18)22-26-23(32-27-22)20-16-24(21-5-3-2-4-19(20)21)10-12-28(13-11-24)14-15-33(25,29)30/h2-9,16H,10-15H2,1H3,(H2,25,29,30). The average molecular weight is 467 g/mol. The van der Waals surface area contributed by atoms with Crippen LogP contribution in [-0.4, -0.2) is 56.0 Å². The number of allylic oxidation sites excluding steroid dienone is 1. The Bertz CT molecular complexity index is 1290. The van der Waals surface area contributed by atoms with Crippen molar-refractivity contribution in [1.82, 2.24) is 15.0 Å². The van der Waals surface area contributed by atoms with Gasteiger partial charge in [0.05, 0.1) is 12.9 Å². The second-order valence-electron chi connectivity index (χ2n) is 8.62. The Morgan fingerprint density at radius 2 is 1.85 bits per heavy atom. The Morgan fingerprint density at radius 1 is 1.12 bits per heavy atom.